The molecule has 2 saturated carbocycles. The van der Waals surface area contributed by atoms with Crippen LogP contribution in [-0.4, -0.2) is 0 Å². The van der Waals surface area contributed by atoms with Crippen molar-refractivity contribution in [1.29, 1.82) is 0 Å². The van der Waals surface area contributed by atoms with Crippen molar-refractivity contribution in [2.45, 2.75) is 77.6 Å². The molecule has 0 aromatic carbocycles. The summed E-state index contributed by atoms with van der Waals surface area (Å²) >= 11 is 5.70. The summed E-state index contributed by atoms with van der Waals surface area (Å²) in [6.45, 7) is 2.32. The van der Waals surface area contributed by atoms with Crippen LogP contribution in [0.15, 0.2) is 11.6 Å². The molecule has 2 rings (SSSR count). The minimum Gasteiger partial charge on any atom is -0.0933 e. The fourth-order valence-electron chi connectivity index (χ4n) is 4.35. The van der Waals surface area contributed by atoms with Gasteiger partial charge in [-0.2, -0.15) is 0 Å². The first kappa shape index (κ1) is 15.4. The van der Waals surface area contributed by atoms with Gasteiger partial charge in [0.15, 0.2) is 0 Å². The van der Waals surface area contributed by atoms with Crippen molar-refractivity contribution in [3.8, 4) is 0 Å². The number of halogens is 1. The van der Waals surface area contributed by atoms with Crippen molar-refractivity contribution in [3.05, 3.63) is 11.6 Å². The lowest BCUT2D eigenvalue weighted by molar-refractivity contribution is 0.152. The molecule has 0 amide bonds. The third-order valence-electron chi connectivity index (χ3n) is 5.69. The van der Waals surface area contributed by atoms with Crippen molar-refractivity contribution >= 4 is 11.6 Å². The summed E-state index contributed by atoms with van der Waals surface area (Å²) in [4.78, 5) is 0. The molecule has 0 radical (unpaired) electrons. The second kappa shape index (κ2) is 8.35. The number of allylic oxidation sites excluding steroid dienone is 1. The van der Waals surface area contributed by atoms with Crippen LogP contribution in [0.5, 0.6) is 0 Å². The zero-order valence-corrected chi connectivity index (χ0v) is 13.4. The standard InChI is InChI=1S/C18H31Cl/c1-2-3-4-15-5-9-17(10-6-15)18-11-7-16(8-12-18)13-14-19/h13-18H,2-12H2,1H3. The minimum atomic E-state index is 0.773. The van der Waals surface area contributed by atoms with Crippen LogP contribution in [0.1, 0.15) is 77.6 Å². The van der Waals surface area contributed by atoms with Crippen LogP contribution in [-0.2, 0) is 0 Å². The van der Waals surface area contributed by atoms with E-state index in [2.05, 4.69) is 13.0 Å². The van der Waals surface area contributed by atoms with Gasteiger partial charge >= 0.3 is 0 Å². The molecule has 0 bridgehead atoms. The Bertz CT molecular complexity index is 255. The van der Waals surface area contributed by atoms with Crippen LogP contribution in [0.25, 0.3) is 0 Å². The van der Waals surface area contributed by atoms with Crippen molar-refractivity contribution in [2.24, 2.45) is 23.7 Å². The van der Waals surface area contributed by atoms with Crippen LogP contribution in [0.4, 0.5) is 0 Å². The molecule has 0 nitrogen and oxygen atoms in total. The highest BCUT2D eigenvalue weighted by atomic mass is 35.5. The molecule has 1 heteroatoms. The normalized spacial score (nSPS) is 36.7. The van der Waals surface area contributed by atoms with E-state index in [1.165, 1.54) is 70.6 Å². The van der Waals surface area contributed by atoms with Gasteiger partial charge in [-0.15, -0.1) is 0 Å². The fraction of sp³-hybridized carbons (Fsp3) is 0.889. The van der Waals surface area contributed by atoms with Gasteiger partial charge in [0.05, 0.1) is 0 Å². The first-order valence-electron chi connectivity index (χ1n) is 8.60. The van der Waals surface area contributed by atoms with Crippen molar-refractivity contribution in [3.63, 3.8) is 0 Å². The summed E-state index contributed by atoms with van der Waals surface area (Å²) in [5.41, 5.74) is 1.73. The van der Waals surface area contributed by atoms with Gasteiger partial charge in [0, 0.05) is 5.54 Å². The molecule has 19 heavy (non-hydrogen) atoms. The highest BCUT2D eigenvalue weighted by Crippen LogP contribution is 2.42. The third-order valence-corrected chi connectivity index (χ3v) is 5.83. The van der Waals surface area contributed by atoms with Crippen molar-refractivity contribution in [1.82, 2.24) is 0 Å². The maximum atomic E-state index is 5.70. The van der Waals surface area contributed by atoms with E-state index in [0.29, 0.717) is 0 Å². The van der Waals surface area contributed by atoms with E-state index in [4.69, 9.17) is 11.6 Å². The van der Waals surface area contributed by atoms with Gasteiger partial charge in [0.2, 0.25) is 0 Å². The lowest BCUT2D eigenvalue weighted by atomic mass is 9.69. The fourth-order valence-corrected chi connectivity index (χ4v) is 4.56. The van der Waals surface area contributed by atoms with Gasteiger partial charge in [-0.3, -0.25) is 0 Å². The van der Waals surface area contributed by atoms with Gasteiger partial charge in [0.25, 0.3) is 0 Å². The van der Waals surface area contributed by atoms with E-state index in [0.717, 1.165) is 23.7 Å². The predicted molar refractivity (Wildman–Crippen MR) is 85.4 cm³/mol. The Hall–Kier alpha value is 0.0300. The maximum Gasteiger partial charge on any atom is 0.000525 e. The summed E-state index contributed by atoms with van der Waals surface area (Å²) in [7, 11) is 0. The molecule has 0 N–H and O–H groups in total. The van der Waals surface area contributed by atoms with Gasteiger partial charge in [0.1, 0.15) is 0 Å². The van der Waals surface area contributed by atoms with E-state index >= 15 is 0 Å². The molecule has 2 aliphatic carbocycles. The van der Waals surface area contributed by atoms with Crippen LogP contribution in [0, 0.1) is 23.7 Å². The van der Waals surface area contributed by atoms with E-state index in [-0.39, 0.29) is 0 Å². The number of hydrogen-bond donors (Lipinski definition) is 0. The molecule has 0 saturated heterocycles. The molecular weight excluding hydrogens is 252 g/mol. The molecule has 2 fully saturated rings. The largest absolute Gasteiger partial charge is 0.0933 e. The first-order valence-corrected chi connectivity index (χ1v) is 9.04. The molecule has 2 aliphatic rings. The Morgan fingerprint density at radius 1 is 0.895 bits per heavy atom. The minimum absolute atomic E-state index is 0.773. The summed E-state index contributed by atoms with van der Waals surface area (Å²) in [5.74, 6) is 3.92. The summed E-state index contributed by atoms with van der Waals surface area (Å²) in [6.07, 6.45) is 18.3. The molecule has 0 aromatic heterocycles. The first-order chi connectivity index (χ1) is 9.33. The Morgan fingerprint density at radius 3 is 2.00 bits per heavy atom. The Morgan fingerprint density at radius 2 is 1.47 bits per heavy atom. The highest BCUT2D eigenvalue weighted by molar-refractivity contribution is 6.25. The zero-order valence-electron chi connectivity index (χ0n) is 12.6. The molecule has 110 valence electrons. The summed E-state index contributed by atoms with van der Waals surface area (Å²) in [5, 5.41) is 0. The Labute approximate surface area is 125 Å². The lowest BCUT2D eigenvalue weighted by Gasteiger charge is -2.37. The van der Waals surface area contributed by atoms with Gasteiger partial charge < -0.3 is 0 Å². The third kappa shape index (κ3) is 4.81. The van der Waals surface area contributed by atoms with Crippen LogP contribution >= 0.6 is 11.6 Å². The quantitative estimate of drug-likeness (QED) is 0.537. The van der Waals surface area contributed by atoms with Crippen LogP contribution in [0.2, 0.25) is 0 Å². The molecule has 0 unspecified atom stereocenters. The monoisotopic (exact) mass is 282 g/mol. The average molecular weight is 283 g/mol. The molecular formula is C18H31Cl. The van der Waals surface area contributed by atoms with Crippen LogP contribution in [0.3, 0.4) is 0 Å². The molecule has 0 spiro atoms. The van der Waals surface area contributed by atoms with E-state index < -0.39 is 0 Å². The number of rotatable bonds is 5. The lowest BCUT2D eigenvalue weighted by Crippen LogP contribution is -2.25. The topological polar surface area (TPSA) is 0 Å². The highest BCUT2D eigenvalue weighted by Gasteiger charge is 2.29. The molecule has 0 aromatic rings. The number of unbranched alkanes of at least 4 members (excludes halogenated alkanes) is 1. The Balaban J connectivity index is 1.68. The Kier molecular flexibility index (Phi) is 6.77. The molecule has 0 heterocycles. The smallest absolute Gasteiger partial charge is 0.000525 e. The van der Waals surface area contributed by atoms with Crippen molar-refractivity contribution in [2.75, 3.05) is 0 Å². The van der Waals surface area contributed by atoms with E-state index in [9.17, 15) is 0 Å². The van der Waals surface area contributed by atoms with Gasteiger partial charge in [-0.25, -0.2) is 0 Å². The van der Waals surface area contributed by atoms with E-state index in [1.807, 2.05) is 0 Å². The second-order valence-corrected chi connectivity index (χ2v) is 7.17. The summed E-state index contributed by atoms with van der Waals surface area (Å²) < 4.78 is 0. The van der Waals surface area contributed by atoms with Gasteiger partial charge in [-0.1, -0.05) is 56.7 Å². The van der Waals surface area contributed by atoms with E-state index in [1.54, 1.807) is 5.54 Å². The van der Waals surface area contributed by atoms with Gasteiger partial charge in [-0.05, 0) is 62.2 Å². The second-order valence-electron chi connectivity index (χ2n) is 6.92. The predicted octanol–water partition coefficient (Wildman–Crippen LogP) is 6.54. The van der Waals surface area contributed by atoms with Crippen LogP contribution < -0.4 is 0 Å². The number of hydrogen-bond acceptors (Lipinski definition) is 0. The maximum absolute atomic E-state index is 5.70. The SMILES string of the molecule is CCCCC1CCC(C2CCC(C=CCl)CC2)CC1. The summed E-state index contributed by atoms with van der Waals surface area (Å²) in [6, 6.07) is 0. The van der Waals surface area contributed by atoms with Crippen molar-refractivity contribution < 1.29 is 0 Å². The average Bonchev–Trinajstić information content (AvgIpc) is 2.47. The molecule has 0 aliphatic heterocycles. The zero-order chi connectivity index (χ0) is 13.5. The molecule has 0 atom stereocenters.